The van der Waals surface area contributed by atoms with E-state index in [4.69, 9.17) is 0 Å². The van der Waals surface area contributed by atoms with Crippen LogP contribution in [0.25, 0.3) is 0 Å². The van der Waals surface area contributed by atoms with Gasteiger partial charge in [-0.25, -0.2) is 4.79 Å². The molecule has 0 spiro atoms. The van der Waals surface area contributed by atoms with Crippen molar-refractivity contribution in [1.29, 1.82) is 0 Å². The van der Waals surface area contributed by atoms with E-state index in [2.05, 4.69) is 22.5 Å². The highest BCUT2D eigenvalue weighted by atomic mass is 32.2. The van der Waals surface area contributed by atoms with E-state index in [1.54, 1.807) is 12.3 Å². The Balaban J connectivity index is 2.05. The molecule has 0 aliphatic rings. The average molecular weight is 326 g/mol. The van der Waals surface area contributed by atoms with E-state index >= 15 is 0 Å². The van der Waals surface area contributed by atoms with E-state index in [1.165, 1.54) is 0 Å². The van der Waals surface area contributed by atoms with Crippen molar-refractivity contribution in [2.45, 2.75) is 0 Å². The highest BCUT2D eigenvalue weighted by Gasteiger charge is 2.04. The second-order valence-electron chi connectivity index (χ2n) is 4.82. The lowest BCUT2D eigenvalue weighted by Gasteiger charge is -2.08. The Labute approximate surface area is 138 Å². The van der Waals surface area contributed by atoms with Gasteiger partial charge in [0.2, 0.25) is 0 Å². The molecule has 2 aromatic rings. The number of benzene rings is 2. The first-order chi connectivity index (χ1) is 11.1. The van der Waals surface area contributed by atoms with Crippen LogP contribution in [-0.2, 0) is 10.8 Å². The molecule has 0 saturated carbocycles. The fourth-order valence-electron chi connectivity index (χ4n) is 1.84. The topological polar surface area (TPSA) is 58.2 Å². The molecular formula is C18H18N2O2S. The Bertz CT molecular complexity index is 748. The molecule has 5 heteroatoms. The molecule has 118 valence electrons. The molecule has 1 atom stereocenters. The highest BCUT2D eigenvalue weighted by molar-refractivity contribution is 7.84. The van der Waals surface area contributed by atoms with Gasteiger partial charge in [0.25, 0.3) is 0 Å². The first kappa shape index (κ1) is 16.8. The minimum Gasteiger partial charge on any atom is -0.337 e. The standard InChI is InChI=1S/C18H18N2O2S/c1-23(22)14-13-19-18(21)20-17-10-6-5-9-16(17)12-11-15-7-3-2-4-8-15/h2-10H,13-14H2,1H3,(H2,19,20,21)/t23-/m1/s1. The van der Waals surface area contributed by atoms with E-state index in [1.807, 2.05) is 48.5 Å². The van der Waals surface area contributed by atoms with Crippen LogP contribution in [0, 0.1) is 11.8 Å². The van der Waals surface area contributed by atoms with Crippen molar-refractivity contribution in [2.75, 3.05) is 23.9 Å². The second-order valence-corrected chi connectivity index (χ2v) is 6.37. The van der Waals surface area contributed by atoms with E-state index in [0.717, 1.165) is 11.1 Å². The summed E-state index contributed by atoms with van der Waals surface area (Å²) >= 11 is 0. The zero-order valence-corrected chi connectivity index (χ0v) is 13.7. The lowest BCUT2D eigenvalue weighted by atomic mass is 10.1. The largest absolute Gasteiger partial charge is 0.337 e. The summed E-state index contributed by atoms with van der Waals surface area (Å²) in [5, 5.41) is 5.44. The molecule has 0 fully saturated rings. The summed E-state index contributed by atoms with van der Waals surface area (Å²) < 4.78 is 11.0. The smallest absolute Gasteiger partial charge is 0.319 e. The number of amides is 2. The van der Waals surface area contributed by atoms with Gasteiger partial charge in [-0.1, -0.05) is 42.2 Å². The summed E-state index contributed by atoms with van der Waals surface area (Å²) in [5.74, 6) is 6.57. The first-order valence-electron chi connectivity index (χ1n) is 7.16. The van der Waals surface area contributed by atoms with Crippen LogP contribution >= 0.6 is 0 Å². The number of rotatable bonds is 4. The summed E-state index contributed by atoms with van der Waals surface area (Å²) in [6, 6.07) is 16.7. The van der Waals surface area contributed by atoms with Crippen LogP contribution < -0.4 is 10.6 Å². The van der Waals surface area contributed by atoms with Gasteiger partial charge in [0.15, 0.2) is 0 Å². The summed E-state index contributed by atoms with van der Waals surface area (Å²) in [6.07, 6.45) is 1.61. The summed E-state index contributed by atoms with van der Waals surface area (Å²) in [7, 11) is -0.922. The zero-order valence-electron chi connectivity index (χ0n) is 12.8. The van der Waals surface area contributed by atoms with Crippen molar-refractivity contribution < 1.29 is 9.00 Å². The maximum absolute atomic E-state index is 11.9. The number of carbonyl (C=O) groups is 1. The Kier molecular flexibility index (Phi) is 6.40. The third-order valence-electron chi connectivity index (χ3n) is 2.97. The van der Waals surface area contributed by atoms with Gasteiger partial charge in [-0.2, -0.15) is 0 Å². The van der Waals surface area contributed by atoms with Gasteiger partial charge >= 0.3 is 6.03 Å². The minimum absolute atomic E-state index is 0.329. The SMILES string of the molecule is C[S@@](=O)CCNC(=O)Nc1ccccc1C#Cc1ccccc1. The van der Waals surface area contributed by atoms with E-state index < -0.39 is 10.8 Å². The Morgan fingerprint density at radius 2 is 1.74 bits per heavy atom. The third kappa shape index (κ3) is 5.97. The first-order valence-corrected chi connectivity index (χ1v) is 8.89. The number of carbonyl (C=O) groups excluding carboxylic acids is 1. The van der Waals surface area contributed by atoms with Crippen LogP contribution in [0.5, 0.6) is 0 Å². The van der Waals surface area contributed by atoms with E-state index in [-0.39, 0.29) is 6.03 Å². The van der Waals surface area contributed by atoms with Crippen LogP contribution in [-0.4, -0.2) is 28.8 Å². The molecule has 2 rings (SSSR count). The molecule has 2 amide bonds. The molecule has 4 nitrogen and oxygen atoms in total. The maximum atomic E-state index is 11.9. The molecule has 0 saturated heterocycles. The van der Waals surface area contributed by atoms with Gasteiger partial charge in [-0.3, -0.25) is 4.21 Å². The number of nitrogens with one attached hydrogen (secondary N) is 2. The Hall–Kier alpha value is -2.58. The zero-order chi connectivity index (χ0) is 16.5. The van der Waals surface area contributed by atoms with Crippen molar-refractivity contribution in [3.8, 4) is 11.8 Å². The van der Waals surface area contributed by atoms with E-state index in [0.29, 0.717) is 18.0 Å². The maximum Gasteiger partial charge on any atom is 0.319 e. The number of hydrogen-bond acceptors (Lipinski definition) is 2. The number of para-hydroxylation sites is 1. The minimum atomic E-state index is -0.922. The molecule has 2 N–H and O–H groups in total. The van der Waals surface area contributed by atoms with Crippen LogP contribution in [0.2, 0.25) is 0 Å². The quantitative estimate of drug-likeness (QED) is 0.849. The van der Waals surface area contributed by atoms with Crippen molar-refractivity contribution in [3.63, 3.8) is 0 Å². The average Bonchev–Trinajstić information content (AvgIpc) is 2.54. The molecule has 0 radical (unpaired) electrons. The van der Waals surface area contributed by atoms with E-state index in [9.17, 15) is 9.00 Å². The predicted octanol–water partition coefficient (Wildman–Crippen LogP) is 2.59. The predicted molar refractivity (Wildman–Crippen MR) is 94.8 cm³/mol. The number of hydrogen-bond donors (Lipinski definition) is 2. The van der Waals surface area contributed by atoms with Crippen LogP contribution in [0.15, 0.2) is 54.6 Å². The summed E-state index contributed by atoms with van der Waals surface area (Å²) in [4.78, 5) is 11.9. The number of anilines is 1. The van der Waals surface area contributed by atoms with Gasteiger partial charge in [-0.15, -0.1) is 0 Å². The van der Waals surface area contributed by atoms with Crippen molar-refractivity contribution in [1.82, 2.24) is 5.32 Å². The van der Waals surface area contributed by atoms with Gasteiger partial charge in [0.1, 0.15) is 0 Å². The Morgan fingerprint density at radius 3 is 2.48 bits per heavy atom. The molecule has 2 aromatic carbocycles. The lowest BCUT2D eigenvalue weighted by molar-refractivity contribution is 0.252. The molecule has 0 heterocycles. The Morgan fingerprint density at radius 1 is 1.04 bits per heavy atom. The van der Waals surface area contributed by atoms with Gasteiger partial charge in [0, 0.05) is 40.5 Å². The molecule has 0 unspecified atom stereocenters. The van der Waals surface area contributed by atoms with Gasteiger partial charge in [-0.05, 0) is 24.3 Å². The molecule has 0 aliphatic heterocycles. The van der Waals surface area contributed by atoms with Crippen molar-refractivity contribution in [2.24, 2.45) is 0 Å². The fraction of sp³-hybridized carbons (Fsp3) is 0.167. The summed E-state index contributed by atoms with van der Waals surface area (Å²) in [5.41, 5.74) is 2.30. The summed E-state index contributed by atoms with van der Waals surface area (Å²) in [6.45, 7) is 0.368. The number of urea groups is 1. The lowest BCUT2D eigenvalue weighted by Crippen LogP contribution is -2.32. The highest BCUT2D eigenvalue weighted by Crippen LogP contribution is 2.13. The second kappa shape index (κ2) is 8.76. The molecule has 0 aliphatic carbocycles. The van der Waals surface area contributed by atoms with Crippen LogP contribution in [0.1, 0.15) is 11.1 Å². The van der Waals surface area contributed by atoms with Crippen molar-refractivity contribution >= 4 is 22.5 Å². The normalized spacial score (nSPS) is 11.0. The van der Waals surface area contributed by atoms with Crippen molar-refractivity contribution in [3.05, 3.63) is 65.7 Å². The molecular weight excluding hydrogens is 308 g/mol. The third-order valence-corrected chi connectivity index (χ3v) is 3.74. The molecule has 0 bridgehead atoms. The van der Waals surface area contributed by atoms with Crippen LogP contribution in [0.4, 0.5) is 10.5 Å². The monoisotopic (exact) mass is 326 g/mol. The molecule has 23 heavy (non-hydrogen) atoms. The fourth-order valence-corrected chi connectivity index (χ4v) is 2.23. The molecule has 0 aromatic heterocycles. The van der Waals surface area contributed by atoms with Gasteiger partial charge < -0.3 is 10.6 Å². The van der Waals surface area contributed by atoms with Crippen LogP contribution in [0.3, 0.4) is 0 Å². The van der Waals surface area contributed by atoms with Gasteiger partial charge in [0.05, 0.1) is 5.69 Å².